The van der Waals surface area contributed by atoms with Crippen LogP contribution in [-0.4, -0.2) is 20.2 Å². The van der Waals surface area contributed by atoms with Crippen LogP contribution < -0.4 is 4.31 Å². The molecule has 0 bridgehead atoms. The van der Waals surface area contributed by atoms with Crippen LogP contribution in [0.5, 0.6) is 0 Å². The predicted octanol–water partition coefficient (Wildman–Crippen LogP) is 3.09. The first-order chi connectivity index (χ1) is 10.3. The number of benzene rings is 2. The zero-order chi connectivity index (χ0) is 16.3. The first-order valence-corrected chi connectivity index (χ1v) is 8.16. The highest BCUT2D eigenvalue weighted by atomic mass is 35.5. The summed E-state index contributed by atoms with van der Waals surface area (Å²) >= 11 is 5.39. The minimum absolute atomic E-state index is 0.116. The zero-order valence-electron chi connectivity index (χ0n) is 11.7. The van der Waals surface area contributed by atoms with Crippen LogP contribution in [0.1, 0.15) is 5.56 Å². The molecule has 2 aromatic carbocycles. The maximum atomic E-state index is 13.0. The zero-order valence-corrected chi connectivity index (χ0v) is 13.2. The van der Waals surface area contributed by atoms with Crippen molar-refractivity contribution in [3.8, 4) is 0 Å². The van der Waals surface area contributed by atoms with Gasteiger partial charge in [0.15, 0.2) is 0 Å². The summed E-state index contributed by atoms with van der Waals surface area (Å²) < 4.78 is 39.4. The maximum Gasteiger partial charge on any atom is 0.264 e. The minimum atomic E-state index is -4.03. The van der Waals surface area contributed by atoms with E-state index in [2.05, 4.69) is 0 Å². The summed E-state index contributed by atoms with van der Waals surface area (Å²) in [5.41, 5.74) is 1.02. The third kappa shape index (κ3) is 3.45. The van der Waals surface area contributed by atoms with Gasteiger partial charge in [0.2, 0.25) is 5.24 Å². The molecule has 2 rings (SSSR count). The quantitative estimate of drug-likeness (QED) is 0.785. The largest absolute Gasteiger partial charge is 0.279 e. The fraction of sp³-hybridized carbons (Fsp3) is 0.133. The summed E-state index contributed by atoms with van der Waals surface area (Å²) in [5.74, 6) is -0.546. The SMILES string of the molecule is Cc1ccccc1N(CC(=O)Cl)S(=O)(=O)c1ccc(F)cc1. The lowest BCUT2D eigenvalue weighted by atomic mass is 10.2. The molecule has 0 unspecified atom stereocenters. The summed E-state index contributed by atoms with van der Waals surface area (Å²) in [6.45, 7) is 1.22. The van der Waals surface area contributed by atoms with Crippen LogP contribution in [0.15, 0.2) is 53.4 Å². The molecule has 0 aliphatic carbocycles. The summed E-state index contributed by atoms with van der Waals surface area (Å²) in [6, 6.07) is 11.1. The maximum absolute atomic E-state index is 13.0. The molecular formula is C15H13ClFNO3S. The molecule has 0 spiro atoms. The van der Waals surface area contributed by atoms with Crippen LogP contribution in [0, 0.1) is 12.7 Å². The van der Waals surface area contributed by atoms with Gasteiger partial charge in [-0.05, 0) is 54.4 Å². The summed E-state index contributed by atoms with van der Waals surface area (Å²) in [4.78, 5) is 11.2. The molecule has 2 aromatic rings. The van der Waals surface area contributed by atoms with Gasteiger partial charge in [0.25, 0.3) is 10.0 Å². The van der Waals surface area contributed by atoms with E-state index in [1.807, 2.05) is 0 Å². The molecule has 22 heavy (non-hydrogen) atoms. The van der Waals surface area contributed by atoms with Crippen LogP contribution in [0.3, 0.4) is 0 Å². The van der Waals surface area contributed by atoms with Gasteiger partial charge in [-0.3, -0.25) is 9.10 Å². The molecule has 4 nitrogen and oxygen atoms in total. The van der Waals surface area contributed by atoms with Gasteiger partial charge in [0, 0.05) is 0 Å². The van der Waals surface area contributed by atoms with Crippen molar-refractivity contribution in [1.82, 2.24) is 0 Å². The lowest BCUT2D eigenvalue weighted by molar-refractivity contribution is -0.110. The van der Waals surface area contributed by atoms with Crippen molar-refractivity contribution in [2.45, 2.75) is 11.8 Å². The molecular weight excluding hydrogens is 329 g/mol. The lowest BCUT2D eigenvalue weighted by Gasteiger charge is -2.24. The molecule has 0 fully saturated rings. The Morgan fingerprint density at radius 1 is 1.14 bits per heavy atom. The summed E-state index contributed by atoms with van der Waals surface area (Å²) in [7, 11) is -4.03. The van der Waals surface area contributed by atoms with E-state index < -0.39 is 27.6 Å². The monoisotopic (exact) mass is 341 g/mol. The van der Waals surface area contributed by atoms with Crippen LogP contribution in [0.4, 0.5) is 10.1 Å². The van der Waals surface area contributed by atoms with Crippen molar-refractivity contribution in [3.63, 3.8) is 0 Å². The molecule has 0 saturated heterocycles. The highest BCUT2D eigenvalue weighted by molar-refractivity contribution is 7.92. The molecule has 0 atom stereocenters. The first kappa shape index (κ1) is 16.5. The van der Waals surface area contributed by atoms with Gasteiger partial charge in [-0.15, -0.1) is 0 Å². The van der Waals surface area contributed by atoms with E-state index >= 15 is 0 Å². The normalized spacial score (nSPS) is 11.2. The fourth-order valence-electron chi connectivity index (χ4n) is 1.99. The number of carbonyl (C=O) groups excluding carboxylic acids is 1. The lowest BCUT2D eigenvalue weighted by Crippen LogP contribution is -2.35. The molecule has 0 N–H and O–H groups in total. The Hall–Kier alpha value is -1.92. The van der Waals surface area contributed by atoms with Crippen molar-refractivity contribution in [1.29, 1.82) is 0 Å². The molecule has 116 valence electrons. The predicted molar refractivity (Wildman–Crippen MR) is 83.0 cm³/mol. The Morgan fingerprint density at radius 2 is 1.73 bits per heavy atom. The average molecular weight is 342 g/mol. The highest BCUT2D eigenvalue weighted by Gasteiger charge is 2.27. The topological polar surface area (TPSA) is 54.5 Å². The van der Waals surface area contributed by atoms with E-state index in [1.54, 1.807) is 31.2 Å². The second kappa shape index (κ2) is 6.46. The third-order valence-corrected chi connectivity index (χ3v) is 4.95. The van der Waals surface area contributed by atoms with Gasteiger partial charge in [-0.25, -0.2) is 12.8 Å². The van der Waals surface area contributed by atoms with Crippen molar-refractivity contribution >= 4 is 32.6 Å². The number of para-hydroxylation sites is 1. The van der Waals surface area contributed by atoms with Crippen molar-refractivity contribution < 1.29 is 17.6 Å². The standard InChI is InChI=1S/C15H13ClFNO3S/c1-11-4-2-3-5-14(11)18(10-15(16)19)22(20,21)13-8-6-12(17)7-9-13/h2-9H,10H2,1H3. The Bertz CT molecular complexity index is 791. The third-order valence-electron chi connectivity index (χ3n) is 3.05. The molecule has 0 saturated carbocycles. The van der Waals surface area contributed by atoms with Gasteiger partial charge < -0.3 is 0 Å². The molecule has 7 heteroatoms. The Kier molecular flexibility index (Phi) is 4.83. The van der Waals surface area contributed by atoms with Crippen LogP contribution in [-0.2, 0) is 14.8 Å². The number of rotatable bonds is 5. The van der Waals surface area contributed by atoms with Crippen LogP contribution >= 0.6 is 11.6 Å². The molecule has 0 heterocycles. The second-order valence-corrected chi connectivity index (χ2v) is 6.89. The van der Waals surface area contributed by atoms with Crippen molar-refractivity contribution in [2.75, 3.05) is 10.8 Å². The van der Waals surface area contributed by atoms with E-state index in [4.69, 9.17) is 11.6 Å². The minimum Gasteiger partial charge on any atom is -0.279 e. The molecule has 0 amide bonds. The van der Waals surface area contributed by atoms with Gasteiger partial charge >= 0.3 is 0 Å². The average Bonchev–Trinajstić information content (AvgIpc) is 2.46. The van der Waals surface area contributed by atoms with E-state index in [1.165, 1.54) is 0 Å². The fourth-order valence-corrected chi connectivity index (χ4v) is 3.67. The van der Waals surface area contributed by atoms with Gasteiger partial charge in [-0.2, -0.15) is 0 Å². The number of hydrogen-bond donors (Lipinski definition) is 0. The number of anilines is 1. The van der Waals surface area contributed by atoms with E-state index in [9.17, 15) is 17.6 Å². The van der Waals surface area contributed by atoms with E-state index in [0.29, 0.717) is 11.3 Å². The van der Waals surface area contributed by atoms with Crippen molar-refractivity contribution in [2.24, 2.45) is 0 Å². The number of sulfonamides is 1. The smallest absolute Gasteiger partial charge is 0.264 e. The van der Waals surface area contributed by atoms with Crippen LogP contribution in [0.25, 0.3) is 0 Å². The molecule has 0 aromatic heterocycles. The number of hydrogen-bond acceptors (Lipinski definition) is 3. The van der Waals surface area contributed by atoms with E-state index in [-0.39, 0.29) is 4.90 Å². The van der Waals surface area contributed by atoms with E-state index in [0.717, 1.165) is 28.6 Å². The number of nitrogens with zero attached hydrogens (tertiary/aromatic N) is 1. The van der Waals surface area contributed by atoms with Crippen molar-refractivity contribution in [3.05, 3.63) is 59.9 Å². The number of carbonyl (C=O) groups is 1. The Morgan fingerprint density at radius 3 is 2.27 bits per heavy atom. The Labute approximate surface area is 133 Å². The van der Waals surface area contributed by atoms with Gasteiger partial charge in [0.05, 0.1) is 10.6 Å². The Balaban J connectivity index is 2.56. The molecule has 0 aliphatic rings. The first-order valence-electron chi connectivity index (χ1n) is 6.34. The summed E-state index contributed by atoms with van der Waals surface area (Å²) in [5, 5.41) is -0.811. The number of aryl methyl sites for hydroxylation is 1. The number of halogens is 2. The van der Waals surface area contributed by atoms with Crippen LogP contribution in [0.2, 0.25) is 0 Å². The highest BCUT2D eigenvalue weighted by Crippen LogP contribution is 2.26. The summed E-state index contributed by atoms with van der Waals surface area (Å²) in [6.07, 6.45) is 0. The van der Waals surface area contributed by atoms with Gasteiger partial charge in [-0.1, -0.05) is 18.2 Å². The second-order valence-electron chi connectivity index (χ2n) is 4.61. The van der Waals surface area contributed by atoms with Gasteiger partial charge in [0.1, 0.15) is 12.4 Å². The molecule has 0 aliphatic heterocycles. The molecule has 0 radical (unpaired) electrons.